The van der Waals surface area contributed by atoms with Crippen molar-refractivity contribution >= 4 is 41.8 Å². The van der Waals surface area contributed by atoms with Gasteiger partial charge in [0.25, 0.3) is 0 Å². The van der Waals surface area contributed by atoms with Crippen LogP contribution in [0.25, 0.3) is 0 Å². The first-order valence-corrected chi connectivity index (χ1v) is 30.8. The van der Waals surface area contributed by atoms with Crippen LogP contribution in [0.15, 0.2) is 0 Å². The van der Waals surface area contributed by atoms with Crippen molar-refractivity contribution in [1.29, 1.82) is 0 Å². The standard InChI is InChI=1S/C56H86O43/c1-15(57)80-8-22-29(64)30(65)38(73)51(88-22)95-45-24(10-82-17(3)59)90-53(40(75)32(45)67)97-47-26(12-84-19(5)61)92-55(42(77)34(47)69)99-49-28(14-86-21(7)63)93-56(43(78)36(49)71)98-48-27(13-85-20(6)62)91-54(41(76)35(48)70)96-46-25(11-83-18(4)60)89-52(39(74)33(46)68)94-44-23(9-81-16(2)58)87-50(79)37(72)31(44)66/h22-56,64-79H,8-14H2,1-7H3/t22-,23-,24-,25-,26-,27-,28-,29-,30+,31-,32-,33-,34-,35-,36-,37-,38-,39-,40-,41-,42-,43-,44-,45-,46-,47-,48-,49-,50+,51-,52-,53-,54-,55-,56-/m1/s1. The van der Waals surface area contributed by atoms with Crippen molar-refractivity contribution in [2.24, 2.45) is 0 Å². The molecule has 7 heterocycles. The van der Waals surface area contributed by atoms with E-state index in [1.807, 2.05) is 0 Å². The van der Waals surface area contributed by atoms with Crippen molar-refractivity contribution in [3.05, 3.63) is 0 Å². The summed E-state index contributed by atoms with van der Waals surface area (Å²) in [6, 6.07) is 0. The van der Waals surface area contributed by atoms with Crippen LogP contribution in [-0.4, -0.2) is 385 Å². The van der Waals surface area contributed by atoms with Gasteiger partial charge in [-0.3, -0.25) is 33.6 Å². The number of rotatable bonds is 26. The van der Waals surface area contributed by atoms with Crippen LogP contribution < -0.4 is 0 Å². The third-order valence-electron chi connectivity index (χ3n) is 16.4. The van der Waals surface area contributed by atoms with Crippen LogP contribution in [0.2, 0.25) is 0 Å². The molecule has 7 saturated heterocycles. The molecule has 0 aromatic heterocycles. The Morgan fingerprint density at radius 2 is 0.374 bits per heavy atom. The lowest BCUT2D eigenvalue weighted by atomic mass is 9.95. The fourth-order valence-corrected chi connectivity index (χ4v) is 11.3. The Labute approximate surface area is 560 Å². The van der Waals surface area contributed by atoms with Crippen LogP contribution in [0.4, 0.5) is 0 Å². The lowest BCUT2D eigenvalue weighted by molar-refractivity contribution is -0.398. The summed E-state index contributed by atoms with van der Waals surface area (Å²) in [5, 5.41) is 180. The summed E-state index contributed by atoms with van der Waals surface area (Å²) in [5.41, 5.74) is 0. The van der Waals surface area contributed by atoms with Gasteiger partial charge in [-0.05, 0) is 0 Å². The molecule has 0 saturated carbocycles. The summed E-state index contributed by atoms with van der Waals surface area (Å²) < 4.78 is 111. The Bertz CT molecular complexity index is 2660. The molecule has 0 amide bonds. The van der Waals surface area contributed by atoms with E-state index in [1.54, 1.807) is 0 Å². The highest BCUT2D eigenvalue weighted by Crippen LogP contribution is 2.39. The molecule has 7 aliphatic heterocycles. The van der Waals surface area contributed by atoms with Crippen molar-refractivity contribution in [1.82, 2.24) is 0 Å². The Balaban J connectivity index is 1.07. The summed E-state index contributed by atoms with van der Waals surface area (Å²) in [7, 11) is 0. The minimum Gasteiger partial charge on any atom is -0.463 e. The quantitative estimate of drug-likeness (QED) is 0.0282. The zero-order valence-electron chi connectivity index (χ0n) is 53.8. The summed E-state index contributed by atoms with van der Waals surface area (Å²) in [5.74, 6) is -6.44. The fourth-order valence-electron chi connectivity index (χ4n) is 11.3. The van der Waals surface area contributed by atoms with Crippen molar-refractivity contribution < 1.29 is 210 Å². The van der Waals surface area contributed by atoms with E-state index >= 15 is 0 Å². The Morgan fingerprint density at radius 3 is 0.576 bits per heavy atom. The lowest BCUT2D eigenvalue weighted by Gasteiger charge is -2.50. The minimum atomic E-state index is -2.37. The molecule has 568 valence electrons. The fraction of sp³-hybridized carbons (Fsp3) is 0.875. The molecular formula is C56H86O43. The summed E-state index contributed by atoms with van der Waals surface area (Å²) in [6.07, 6.45) is -71.5. The van der Waals surface area contributed by atoms with Gasteiger partial charge in [0.1, 0.15) is 217 Å². The molecule has 0 unspecified atom stereocenters. The molecule has 16 N–H and O–H groups in total. The first-order chi connectivity index (χ1) is 46.5. The maximum absolute atomic E-state index is 12.3. The number of hydrogen-bond acceptors (Lipinski definition) is 43. The molecular weight excluding hydrogens is 1360 g/mol. The van der Waals surface area contributed by atoms with E-state index in [0.717, 1.165) is 48.5 Å². The van der Waals surface area contributed by atoms with Gasteiger partial charge < -0.3 is 176 Å². The number of carbonyl (C=O) groups is 7. The second kappa shape index (κ2) is 36.0. The number of aliphatic hydroxyl groups is 16. The predicted molar refractivity (Wildman–Crippen MR) is 299 cm³/mol. The maximum atomic E-state index is 12.3. The first kappa shape index (κ1) is 81.4. The number of ether oxygens (including phenoxy) is 20. The van der Waals surface area contributed by atoms with E-state index in [2.05, 4.69) is 0 Å². The number of esters is 7. The van der Waals surface area contributed by atoms with E-state index in [0.29, 0.717) is 0 Å². The van der Waals surface area contributed by atoms with Gasteiger partial charge in [-0.2, -0.15) is 0 Å². The van der Waals surface area contributed by atoms with Crippen LogP contribution in [0.3, 0.4) is 0 Å². The van der Waals surface area contributed by atoms with Gasteiger partial charge in [0.05, 0.1) is 0 Å². The van der Waals surface area contributed by atoms with Gasteiger partial charge in [0, 0.05) is 48.5 Å². The van der Waals surface area contributed by atoms with Gasteiger partial charge in [0.15, 0.2) is 44.0 Å². The van der Waals surface area contributed by atoms with Crippen LogP contribution >= 0.6 is 0 Å². The highest BCUT2D eigenvalue weighted by molar-refractivity contribution is 5.67. The largest absolute Gasteiger partial charge is 0.463 e. The Hall–Kier alpha value is -4.87. The number of hydrogen-bond donors (Lipinski definition) is 16. The van der Waals surface area contributed by atoms with Crippen LogP contribution in [-0.2, 0) is 128 Å². The molecule has 0 spiro atoms. The highest BCUT2D eigenvalue weighted by atomic mass is 16.8. The monoisotopic (exact) mass is 1450 g/mol. The van der Waals surface area contributed by atoms with Crippen molar-refractivity contribution in [2.75, 3.05) is 46.2 Å². The second-order valence-corrected chi connectivity index (χ2v) is 23.9. The normalized spacial score (nSPS) is 44.1. The zero-order valence-corrected chi connectivity index (χ0v) is 53.8. The minimum absolute atomic E-state index is 0.662. The maximum Gasteiger partial charge on any atom is 0.302 e. The van der Waals surface area contributed by atoms with Gasteiger partial charge in [0.2, 0.25) is 0 Å². The summed E-state index contributed by atoms with van der Waals surface area (Å²) >= 11 is 0. The average molecular weight is 1450 g/mol. The third kappa shape index (κ3) is 20.5. The van der Waals surface area contributed by atoms with E-state index in [-0.39, 0.29) is 0 Å². The second-order valence-electron chi connectivity index (χ2n) is 23.9. The summed E-state index contributed by atoms with van der Waals surface area (Å²) in [4.78, 5) is 84.0. The number of carbonyl (C=O) groups excluding carboxylic acids is 7. The zero-order chi connectivity index (χ0) is 73.3. The third-order valence-corrected chi connectivity index (χ3v) is 16.4. The van der Waals surface area contributed by atoms with Gasteiger partial charge in [-0.15, -0.1) is 0 Å². The Kier molecular flexibility index (Phi) is 29.6. The smallest absolute Gasteiger partial charge is 0.302 e. The average Bonchev–Trinajstić information content (AvgIpc) is 0.778. The van der Waals surface area contributed by atoms with Gasteiger partial charge >= 0.3 is 41.8 Å². The lowest BCUT2D eigenvalue weighted by Crippen LogP contribution is -2.68. The number of aliphatic hydroxyl groups excluding tert-OH is 16. The topological polar surface area (TPSA) is 628 Å². The van der Waals surface area contributed by atoms with Crippen molar-refractivity contribution in [2.45, 2.75) is 263 Å². The van der Waals surface area contributed by atoms with Crippen LogP contribution in [0.5, 0.6) is 0 Å². The van der Waals surface area contributed by atoms with Gasteiger partial charge in [-0.25, -0.2) is 0 Å². The molecule has 0 aromatic carbocycles. The van der Waals surface area contributed by atoms with Crippen molar-refractivity contribution in [3.63, 3.8) is 0 Å². The molecule has 0 aromatic rings. The molecule has 0 aliphatic carbocycles. The first-order valence-electron chi connectivity index (χ1n) is 30.8. The van der Waals surface area contributed by atoms with Gasteiger partial charge in [-0.1, -0.05) is 0 Å². The highest BCUT2D eigenvalue weighted by Gasteiger charge is 2.59. The molecule has 0 radical (unpaired) electrons. The molecule has 7 aliphatic rings. The SMILES string of the molecule is CC(=O)OC[C@H]1O[C@H](O[C@H]2[C@H](O)[C@@H](O)[C@@H](O[C@H]3[C@H](O)[C@@H](O)[C@@H](O[C@H]4[C@H](O)[C@@H](O)[C@@H](O[C@H]5[C@H](O)[C@@H](O)[C@@H](O[C@H]6[C@H](O)[C@@H](O)[C@@H](O[C@H]7[C@H](O)[C@@H](O)[C@@H](O)O[C@@H]7COC(C)=O)O[C@@H]6COC(C)=O)O[C@@H]5COC(C)=O)O[C@@H]4COC(C)=O)O[C@@H]3COC(C)=O)O[C@@H]2COC(C)=O)[C@H](O)[C@@H](O)[C@@H]1O. The van der Waals surface area contributed by atoms with Crippen LogP contribution in [0, 0.1) is 0 Å². The molecule has 0 bridgehead atoms. The molecule has 7 rings (SSSR count). The molecule has 35 atom stereocenters. The molecule has 43 heteroatoms. The Morgan fingerprint density at radius 1 is 0.212 bits per heavy atom. The molecule has 99 heavy (non-hydrogen) atoms. The predicted octanol–water partition coefficient (Wildman–Crippen LogP) is -12.3. The molecule has 7 fully saturated rings. The van der Waals surface area contributed by atoms with E-state index < -0.39 is 303 Å². The summed E-state index contributed by atoms with van der Waals surface area (Å²) in [6.45, 7) is 1.13. The molecule has 43 nitrogen and oxygen atoms in total. The van der Waals surface area contributed by atoms with E-state index in [1.165, 1.54) is 0 Å². The van der Waals surface area contributed by atoms with E-state index in [9.17, 15) is 115 Å². The van der Waals surface area contributed by atoms with Crippen molar-refractivity contribution in [3.8, 4) is 0 Å². The van der Waals surface area contributed by atoms with Crippen LogP contribution in [0.1, 0.15) is 48.5 Å². The van der Waals surface area contributed by atoms with E-state index in [4.69, 9.17) is 94.7 Å².